The molecule has 118 valence electrons. The van der Waals surface area contributed by atoms with Crippen LogP contribution in [0.5, 0.6) is 5.75 Å². The number of benzene rings is 1. The van der Waals surface area contributed by atoms with Crippen molar-refractivity contribution in [2.75, 3.05) is 13.2 Å². The summed E-state index contributed by atoms with van der Waals surface area (Å²) in [6.07, 6.45) is 8.49. The van der Waals surface area contributed by atoms with Crippen molar-refractivity contribution in [1.82, 2.24) is 5.32 Å². The van der Waals surface area contributed by atoms with Crippen LogP contribution in [0.15, 0.2) is 21.1 Å². The van der Waals surface area contributed by atoms with Crippen LogP contribution in [-0.4, -0.2) is 13.2 Å². The minimum absolute atomic E-state index is 0.677. The van der Waals surface area contributed by atoms with Crippen LogP contribution in [0.1, 0.15) is 51.0 Å². The highest BCUT2D eigenvalue weighted by atomic mass is 79.9. The maximum absolute atomic E-state index is 5.61. The molecule has 2 nitrogen and oxygen atoms in total. The van der Waals surface area contributed by atoms with Crippen molar-refractivity contribution in [3.63, 3.8) is 0 Å². The molecule has 21 heavy (non-hydrogen) atoms. The van der Waals surface area contributed by atoms with Gasteiger partial charge in [-0.05, 0) is 75.4 Å². The Balaban J connectivity index is 1.77. The van der Waals surface area contributed by atoms with Gasteiger partial charge in [0.15, 0.2) is 0 Å². The van der Waals surface area contributed by atoms with Crippen LogP contribution < -0.4 is 10.1 Å². The maximum Gasteiger partial charge on any atom is 0.147 e. The lowest BCUT2D eigenvalue weighted by molar-refractivity contribution is 0.333. The van der Waals surface area contributed by atoms with E-state index >= 15 is 0 Å². The number of hydrogen-bond acceptors (Lipinski definition) is 2. The summed E-state index contributed by atoms with van der Waals surface area (Å²) in [7, 11) is 0. The average Bonchev–Trinajstić information content (AvgIpc) is 2.48. The van der Waals surface area contributed by atoms with E-state index in [-0.39, 0.29) is 0 Å². The Bertz CT molecular complexity index is 421. The van der Waals surface area contributed by atoms with Crippen LogP contribution >= 0.6 is 31.9 Å². The molecule has 0 radical (unpaired) electrons. The van der Waals surface area contributed by atoms with Crippen LogP contribution in [0.3, 0.4) is 0 Å². The monoisotopic (exact) mass is 417 g/mol. The van der Waals surface area contributed by atoms with E-state index in [0.717, 1.165) is 33.7 Å². The lowest BCUT2D eigenvalue weighted by Crippen LogP contribution is -2.19. The quantitative estimate of drug-likeness (QED) is 0.575. The third-order valence-electron chi connectivity index (χ3n) is 4.13. The van der Waals surface area contributed by atoms with Gasteiger partial charge in [0, 0.05) is 6.54 Å². The molecule has 1 aliphatic rings. The third-order valence-corrected chi connectivity index (χ3v) is 5.31. The van der Waals surface area contributed by atoms with E-state index < -0.39 is 0 Å². The summed E-state index contributed by atoms with van der Waals surface area (Å²) < 4.78 is 7.65. The van der Waals surface area contributed by atoms with Gasteiger partial charge in [0.25, 0.3) is 0 Å². The minimum Gasteiger partial charge on any atom is -0.492 e. The summed E-state index contributed by atoms with van der Waals surface area (Å²) >= 11 is 7.18. The summed E-state index contributed by atoms with van der Waals surface area (Å²) in [4.78, 5) is 0. The molecule has 1 aliphatic carbocycles. The maximum atomic E-state index is 5.61. The number of ether oxygens (including phenoxy) is 1. The first kappa shape index (κ1) is 17.3. The summed E-state index contributed by atoms with van der Waals surface area (Å²) in [5.74, 6) is 1.84. The first-order valence-corrected chi connectivity index (χ1v) is 9.60. The standard InChI is InChI=1S/C17H25Br2NO/c1-2-21-17-15(18)10-14(11-16(17)19)12-20-9-8-13-6-4-3-5-7-13/h10-11,13,20H,2-9,12H2,1H3. The minimum atomic E-state index is 0.677. The lowest BCUT2D eigenvalue weighted by Gasteiger charge is -2.21. The smallest absolute Gasteiger partial charge is 0.147 e. The molecule has 1 saturated carbocycles. The van der Waals surface area contributed by atoms with E-state index in [0.29, 0.717) is 6.61 Å². The summed E-state index contributed by atoms with van der Waals surface area (Å²) in [5.41, 5.74) is 1.28. The van der Waals surface area contributed by atoms with Crippen LogP contribution in [-0.2, 0) is 6.54 Å². The Morgan fingerprint density at radius 3 is 2.43 bits per heavy atom. The van der Waals surface area contributed by atoms with Gasteiger partial charge in [0.2, 0.25) is 0 Å². The fraction of sp³-hybridized carbons (Fsp3) is 0.647. The third kappa shape index (κ3) is 5.57. The van der Waals surface area contributed by atoms with Gasteiger partial charge in [-0.25, -0.2) is 0 Å². The topological polar surface area (TPSA) is 21.3 Å². The van der Waals surface area contributed by atoms with Crippen molar-refractivity contribution < 1.29 is 4.74 Å². The first-order valence-electron chi connectivity index (χ1n) is 8.02. The van der Waals surface area contributed by atoms with Crippen molar-refractivity contribution in [3.05, 3.63) is 26.6 Å². The number of halogens is 2. The second-order valence-corrected chi connectivity index (χ2v) is 7.50. The van der Waals surface area contributed by atoms with E-state index in [4.69, 9.17) is 4.74 Å². The fourth-order valence-corrected chi connectivity index (χ4v) is 4.52. The zero-order valence-corrected chi connectivity index (χ0v) is 15.9. The van der Waals surface area contributed by atoms with Crippen molar-refractivity contribution in [2.45, 2.75) is 52.0 Å². The molecule has 0 spiro atoms. The fourth-order valence-electron chi connectivity index (χ4n) is 3.01. The normalized spacial score (nSPS) is 16.1. The van der Waals surface area contributed by atoms with Gasteiger partial charge >= 0.3 is 0 Å². The number of nitrogens with one attached hydrogen (secondary N) is 1. The zero-order valence-electron chi connectivity index (χ0n) is 12.8. The molecule has 0 aromatic heterocycles. The Labute approximate surface area is 145 Å². The summed E-state index contributed by atoms with van der Waals surface area (Å²) in [6, 6.07) is 4.28. The molecule has 0 bridgehead atoms. The van der Waals surface area contributed by atoms with Gasteiger partial charge in [-0.1, -0.05) is 32.1 Å². The molecule has 0 heterocycles. The van der Waals surface area contributed by atoms with Gasteiger partial charge in [0.05, 0.1) is 15.6 Å². The Morgan fingerprint density at radius 1 is 1.14 bits per heavy atom. The van der Waals surface area contributed by atoms with Crippen molar-refractivity contribution >= 4 is 31.9 Å². The molecule has 1 fully saturated rings. The second-order valence-electron chi connectivity index (χ2n) is 5.79. The van der Waals surface area contributed by atoms with Crippen molar-refractivity contribution in [1.29, 1.82) is 0 Å². The van der Waals surface area contributed by atoms with E-state index in [1.54, 1.807) is 0 Å². The van der Waals surface area contributed by atoms with E-state index in [1.165, 1.54) is 44.1 Å². The van der Waals surface area contributed by atoms with Crippen molar-refractivity contribution in [2.24, 2.45) is 5.92 Å². The molecule has 0 unspecified atom stereocenters. The van der Waals surface area contributed by atoms with Crippen LogP contribution in [0.4, 0.5) is 0 Å². The second kappa shape index (κ2) is 9.16. The van der Waals surface area contributed by atoms with Crippen LogP contribution in [0, 0.1) is 5.92 Å². The lowest BCUT2D eigenvalue weighted by atomic mass is 9.87. The summed E-state index contributed by atoms with van der Waals surface area (Å²) in [5, 5.41) is 3.57. The van der Waals surface area contributed by atoms with E-state index in [1.807, 2.05) is 6.92 Å². The first-order chi connectivity index (χ1) is 10.2. The molecular formula is C17H25Br2NO. The zero-order chi connectivity index (χ0) is 15.1. The Morgan fingerprint density at radius 2 is 1.81 bits per heavy atom. The van der Waals surface area contributed by atoms with Crippen LogP contribution in [0.25, 0.3) is 0 Å². The van der Waals surface area contributed by atoms with E-state index in [9.17, 15) is 0 Å². The van der Waals surface area contributed by atoms with Crippen LogP contribution in [0.2, 0.25) is 0 Å². The average molecular weight is 419 g/mol. The number of hydrogen-bond donors (Lipinski definition) is 1. The molecule has 1 aromatic rings. The van der Waals surface area contributed by atoms with Gasteiger partial charge in [-0.15, -0.1) is 0 Å². The van der Waals surface area contributed by atoms with Gasteiger partial charge in [-0.3, -0.25) is 0 Å². The van der Waals surface area contributed by atoms with Gasteiger partial charge in [0.1, 0.15) is 5.75 Å². The highest BCUT2D eigenvalue weighted by Gasteiger charge is 2.13. The Hall–Kier alpha value is -0.0600. The van der Waals surface area contributed by atoms with Crippen molar-refractivity contribution in [3.8, 4) is 5.75 Å². The molecule has 1 N–H and O–H groups in total. The molecule has 4 heteroatoms. The molecule has 0 saturated heterocycles. The molecular weight excluding hydrogens is 394 g/mol. The number of rotatable bonds is 7. The van der Waals surface area contributed by atoms with Gasteiger partial charge in [-0.2, -0.15) is 0 Å². The highest BCUT2D eigenvalue weighted by Crippen LogP contribution is 2.34. The SMILES string of the molecule is CCOc1c(Br)cc(CNCCC2CCCCC2)cc1Br. The van der Waals surface area contributed by atoms with E-state index in [2.05, 4.69) is 49.3 Å². The largest absolute Gasteiger partial charge is 0.492 e. The van der Waals surface area contributed by atoms with Gasteiger partial charge < -0.3 is 10.1 Å². The molecule has 0 atom stereocenters. The molecule has 1 aromatic carbocycles. The predicted octanol–water partition coefficient (Wildman–Crippen LogP) is 5.67. The molecule has 0 aliphatic heterocycles. The summed E-state index contributed by atoms with van der Waals surface area (Å²) in [6.45, 7) is 4.71. The highest BCUT2D eigenvalue weighted by molar-refractivity contribution is 9.11. The Kier molecular flexibility index (Phi) is 7.55. The molecule has 2 rings (SSSR count). The molecule has 0 amide bonds. The predicted molar refractivity (Wildman–Crippen MR) is 95.9 cm³/mol.